The molecule has 0 atom stereocenters. The van der Waals surface area contributed by atoms with E-state index < -0.39 is 15.6 Å². The summed E-state index contributed by atoms with van der Waals surface area (Å²) in [5, 5.41) is 0.646. The quantitative estimate of drug-likeness (QED) is 0.750. The third-order valence-electron chi connectivity index (χ3n) is 3.93. The van der Waals surface area contributed by atoms with Crippen LogP contribution in [0.15, 0.2) is 29.3 Å². The van der Waals surface area contributed by atoms with Gasteiger partial charge in [0.15, 0.2) is 0 Å². The van der Waals surface area contributed by atoms with Crippen molar-refractivity contribution in [3.05, 3.63) is 24.4 Å². The van der Waals surface area contributed by atoms with Crippen LogP contribution in [0.25, 0.3) is 10.9 Å². The third kappa shape index (κ3) is 2.76. The van der Waals surface area contributed by atoms with Crippen molar-refractivity contribution < 1.29 is 13.2 Å². The van der Waals surface area contributed by atoms with E-state index in [1.165, 1.54) is 6.20 Å². The summed E-state index contributed by atoms with van der Waals surface area (Å²) < 4.78 is 33.4. The monoisotopic (exact) mass is 309 g/mol. The van der Waals surface area contributed by atoms with Gasteiger partial charge in [-0.05, 0) is 38.0 Å². The molecule has 1 aromatic heterocycles. The molecule has 7 heteroatoms. The number of hydrogen-bond donors (Lipinski definition) is 3. The molecule has 0 spiro atoms. The number of nitrogens with one attached hydrogen (secondary N) is 2. The van der Waals surface area contributed by atoms with Crippen LogP contribution in [0.2, 0.25) is 0 Å². The zero-order valence-corrected chi connectivity index (χ0v) is 12.7. The van der Waals surface area contributed by atoms with Crippen molar-refractivity contribution in [2.45, 2.75) is 30.2 Å². The summed E-state index contributed by atoms with van der Waals surface area (Å²) in [6.45, 7) is 3.06. The lowest BCUT2D eigenvalue weighted by molar-refractivity contribution is 0.0537. The molecule has 114 valence electrons. The van der Waals surface area contributed by atoms with E-state index in [0.29, 0.717) is 42.6 Å². The molecular formula is C14H19N3O3S. The first-order valence-corrected chi connectivity index (χ1v) is 8.36. The summed E-state index contributed by atoms with van der Waals surface area (Å²) in [6.07, 6.45) is 2.85. The second kappa shape index (κ2) is 5.01. The summed E-state index contributed by atoms with van der Waals surface area (Å²) in [6, 6.07) is 5.15. The molecule has 1 aliphatic heterocycles. The first kappa shape index (κ1) is 14.4. The van der Waals surface area contributed by atoms with Crippen molar-refractivity contribution in [1.29, 1.82) is 0 Å². The topological polar surface area (TPSA) is 97.2 Å². The number of hydrogen-bond acceptors (Lipinski definition) is 4. The molecule has 2 heterocycles. The lowest BCUT2D eigenvalue weighted by atomic mass is 9.94. The summed E-state index contributed by atoms with van der Waals surface area (Å²) in [4.78, 5) is 3.22. The summed E-state index contributed by atoms with van der Waals surface area (Å²) in [7, 11) is -3.59. The Morgan fingerprint density at radius 3 is 2.76 bits per heavy atom. The minimum absolute atomic E-state index is 0.255. The molecule has 1 aromatic carbocycles. The van der Waals surface area contributed by atoms with E-state index >= 15 is 0 Å². The largest absolute Gasteiger partial charge is 0.399 e. The predicted octanol–water partition coefficient (Wildman–Crippen LogP) is 1.60. The van der Waals surface area contributed by atoms with Crippen molar-refractivity contribution in [3.8, 4) is 0 Å². The molecule has 1 aliphatic rings. The molecule has 0 aliphatic carbocycles. The number of benzene rings is 1. The number of ether oxygens (including phenoxy) is 1. The highest BCUT2D eigenvalue weighted by Crippen LogP contribution is 2.27. The minimum atomic E-state index is -3.59. The van der Waals surface area contributed by atoms with Gasteiger partial charge in [-0.15, -0.1) is 0 Å². The van der Waals surface area contributed by atoms with Crippen LogP contribution in [-0.2, 0) is 14.8 Å². The van der Waals surface area contributed by atoms with E-state index in [0.717, 1.165) is 0 Å². The molecule has 0 amide bonds. The van der Waals surface area contributed by atoms with Gasteiger partial charge in [0.1, 0.15) is 4.90 Å². The van der Waals surface area contributed by atoms with Gasteiger partial charge in [-0.25, -0.2) is 13.1 Å². The maximum atomic E-state index is 12.7. The minimum Gasteiger partial charge on any atom is -0.399 e. The normalized spacial score (nSPS) is 18.9. The van der Waals surface area contributed by atoms with Crippen LogP contribution in [0.5, 0.6) is 0 Å². The smallest absolute Gasteiger partial charge is 0.243 e. The number of rotatable bonds is 3. The van der Waals surface area contributed by atoms with E-state index in [1.54, 1.807) is 18.2 Å². The van der Waals surface area contributed by atoms with Crippen LogP contribution in [0.1, 0.15) is 19.8 Å². The highest BCUT2D eigenvalue weighted by atomic mass is 32.2. The van der Waals surface area contributed by atoms with Crippen molar-refractivity contribution >= 4 is 26.6 Å². The molecule has 21 heavy (non-hydrogen) atoms. The Bertz CT molecular complexity index is 761. The van der Waals surface area contributed by atoms with Gasteiger partial charge < -0.3 is 15.5 Å². The van der Waals surface area contributed by atoms with Crippen LogP contribution < -0.4 is 10.5 Å². The molecule has 0 radical (unpaired) electrons. The SMILES string of the molecule is CC1(NS(=O)(=O)c2c[nH]c3cc(N)ccc23)CCOCC1. The number of sulfonamides is 1. The van der Waals surface area contributed by atoms with Crippen molar-refractivity contribution in [1.82, 2.24) is 9.71 Å². The fourth-order valence-electron chi connectivity index (χ4n) is 2.64. The fourth-order valence-corrected chi connectivity index (χ4v) is 4.29. The van der Waals surface area contributed by atoms with Gasteiger partial charge in [0.05, 0.1) is 0 Å². The number of aromatic nitrogens is 1. The molecule has 6 nitrogen and oxygen atoms in total. The van der Waals surface area contributed by atoms with Gasteiger partial charge in [-0.2, -0.15) is 0 Å². The molecule has 1 saturated heterocycles. The molecule has 0 bridgehead atoms. The van der Waals surface area contributed by atoms with Crippen molar-refractivity contribution in [2.75, 3.05) is 18.9 Å². The Morgan fingerprint density at radius 1 is 1.33 bits per heavy atom. The highest BCUT2D eigenvalue weighted by molar-refractivity contribution is 7.89. The summed E-state index contributed by atoms with van der Waals surface area (Å²) >= 11 is 0. The average Bonchev–Trinajstić information content (AvgIpc) is 2.81. The van der Waals surface area contributed by atoms with E-state index in [-0.39, 0.29) is 4.90 Å². The molecule has 1 fully saturated rings. The van der Waals surface area contributed by atoms with Crippen LogP contribution in [-0.4, -0.2) is 32.2 Å². The number of nitrogen functional groups attached to an aromatic ring is 1. The van der Waals surface area contributed by atoms with E-state index in [4.69, 9.17) is 10.5 Å². The second-order valence-electron chi connectivity index (χ2n) is 5.74. The van der Waals surface area contributed by atoms with Gasteiger partial charge in [0.25, 0.3) is 0 Å². The average molecular weight is 309 g/mol. The second-order valence-corrected chi connectivity index (χ2v) is 7.39. The Balaban J connectivity index is 1.96. The first-order chi connectivity index (χ1) is 9.90. The van der Waals surface area contributed by atoms with Gasteiger partial charge in [0.2, 0.25) is 10.0 Å². The van der Waals surface area contributed by atoms with E-state index in [2.05, 4.69) is 9.71 Å². The van der Waals surface area contributed by atoms with Gasteiger partial charge in [-0.1, -0.05) is 0 Å². The maximum Gasteiger partial charge on any atom is 0.243 e. The standard InChI is InChI=1S/C14H19N3O3S/c1-14(4-6-20-7-5-14)17-21(18,19)13-9-16-12-8-10(15)2-3-11(12)13/h2-3,8-9,16-17H,4-7,15H2,1H3. The number of nitrogens with two attached hydrogens (primary N) is 1. The van der Waals surface area contributed by atoms with Crippen LogP contribution in [0, 0.1) is 0 Å². The van der Waals surface area contributed by atoms with Gasteiger partial charge in [-0.3, -0.25) is 0 Å². The van der Waals surface area contributed by atoms with Crippen LogP contribution in [0.3, 0.4) is 0 Å². The Labute approximate surface area is 123 Å². The van der Waals surface area contributed by atoms with E-state index in [1.807, 2.05) is 6.92 Å². The fraction of sp³-hybridized carbons (Fsp3) is 0.429. The molecule has 0 saturated carbocycles. The molecular weight excluding hydrogens is 290 g/mol. The zero-order valence-electron chi connectivity index (χ0n) is 11.8. The summed E-state index contributed by atoms with van der Waals surface area (Å²) in [5.41, 5.74) is 6.56. The molecule has 2 aromatic rings. The van der Waals surface area contributed by atoms with Crippen molar-refractivity contribution in [3.63, 3.8) is 0 Å². The first-order valence-electron chi connectivity index (χ1n) is 6.88. The number of aromatic amines is 1. The Kier molecular flexibility index (Phi) is 3.43. The zero-order chi connectivity index (χ0) is 15.1. The van der Waals surface area contributed by atoms with Crippen LogP contribution >= 0.6 is 0 Å². The van der Waals surface area contributed by atoms with Gasteiger partial charge >= 0.3 is 0 Å². The lowest BCUT2D eigenvalue weighted by Crippen LogP contribution is -2.49. The third-order valence-corrected chi connectivity index (χ3v) is 5.61. The molecule has 3 rings (SSSR count). The number of H-pyrrole nitrogens is 1. The van der Waals surface area contributed by atoms with Crippen molar-refractivity contribution in [2.24, 2.45) is 0 Å². The Hall–Kier alpha value is -1.57. The lowest BCUT2D eigenvalue weighted by Gasteiger charge is -2.33. The van der Waals surface area contributed by atoms with E-state index in [9.17, 15) is 8.42 Å². The van der Waals surface area contributed by atoms with Gasteiger partial charge in [0, 0.05) is 41.5 Å². The predicted molar refractivity (Wildman–Crippen MR) is 81.5 cm³/mol. The number of fused-ring (bicyclic) bond motifs is 1. The maximum absolute atomic E-state index is 12.7. The summed E-state index contributed by atoms with van der Waals surface area (Å²) in [5.74, 6) is 0. The Morgan fingerprint density at radius 2 is 2.05 bits per heavy atom. The molecule has 0 unspecified atom stereocenters. The molecule has 4 N–H and O–H groups in total. The van der Waals surface area contributed by atoms with Crippen LogP contribution in [0.4, 0.5) is 5.69 Å². The highest BCUT2D eigenvalue weighted by Gasteiger charge is 2.33. The number of anilines is 1.